The second-order valence-electron chi connectivity index (χ2n) is 11.6. The Morgan fingerprint density at radius 2 is 1.12 bits per heavy atom. The number of benzene rings is 6. The lowest BCUT2D eigenvalue weighted by Gasteiger charge is -2.14. The van der Waals surface area contributed by atoms with Crippen LogP contribution in [-0.2, 0) is 0 Å². The van der Waals surface area contributed by atoms with Gasteiger partial charge in [0.2, 0.25) is 0 Å². The third-order valence-electron chi connectivity index (χ3n) is 8.60. The summed E-state index contributed by atoms with van der Waals surface area (Å²) in [5.74, 6) is 0.664. The maximum Gasteiger partial charge on any atom is 0.145 e. The summed E-state index contributed by atoms with van der Waals surface area (Å²) in [5.41, 5.74) is 10.3. The first-order valence-corrected chi connectivity index (χ1v) is 15.8. The second kappa shape index (κ2) is 11.7. The van der Waals surface area contributed by atoms with Crippen molar-refractivity contribution in [1.82, 2.24) is 18.9 Å². The predicted octanol–water partition coefficient (Wildman–Crippen LogP) is 11.0. The standard InChI is InChI=1S/C44H30N4/c1-4-15-31(16-5-1)35-28-36(30-37(29-35)44-45-39-23-10-11-24-40(39)48(44)38-21-8-3-9-22-38)33-19-14-20-34(27-33)43-42(32-17-6-2-7-18-32)46-41-25-12-13-26-47(41)43/h1-30H/i1D,4D,5D,15D,16D. The van der Waals surface area contributed by atoms with Crippen molar-refractivity contribution in [2.24, 2.45) is 0 Å². The maximum absolute atomic E-state index is 8.90. The first-order valence-electron chi connectivity index (χ1n) is 18.3. The molecule has 0 amide bonds. The molecule has 0 atom stereocenters. The molecule has 0 bridgehead atoms. The van der Waals surface area contributed by atoms with E-state index in [2.05, 4.69) is 39.3 Å². The highest BCUT2D eigenvalue weighted by molar-refractivity contribution is 5.88. The molecule has 4 heteroatoms. The van der Waals surface area contributed by atoms with Crippen LogP contribution >= 0.6 is 0 Å². The van der Waals surface area contributed by atoms with Crippen LogP contribution in [0.2, 0.25) is 0 Å². The minimum atomic E-state index is -0.430. The van der Waals surface area contributed by atoms with E-state index in [0.717, 1.165) is 61.6 Å². The summed E-state index contributed by atoms with van der Waals surface area (Å²) >= 11 is 0. The van der Waals surface area contributed by atoms with Crippen molar-refractivity contribution in [2.45, 2.75) is 0 Å². The van der Waals surface area contributed by atoms with Crippen molar-refractivity contribution in [3.05, 3.63) is 182 Å². The smallest absolute Gasteiger partial charge is 0.145 e. The Morgan fingerprint density at radius 3 is 1.96 bits per heavy atom. The van der Waals surface area contributed by atoms with Gasteiger partial charge in [-0.05, 0) is 82.9 Å². The third kappa shape index (κ3) is 4.88. The largest absolute Gasteiger partial charge is 0.299 e. The highest BCUT2D eigenvalue weighted by Gasteiger charge is 2.19. The fraction of sp³-hybridized carbons (Fsp3) is 0. The van der Waals surface area contributed by atoms with Gasteiger partial charge in [-0.15, -0.1) is 0 Å². The Kier molecular flexibility index (Phi) is 5.58. The van der Waals surface area contributed by atoms with Crippen LogP contribution in [0.15, 0.2) is 182 Å². The van der Waals surface area contributed by atoms with E-state index in [-0.39, 0.29) is 29.7 Å². The topological polar surface area (TPSA) is 35.1 Å². The molecule has 3 heterocycles. The molecule has 0 N–H and O–H groups in total. The van der Waals surface area contributed by atoms with Crippen molar-refractivity contribution in [2.75, 3.05) is 0 Å². The van der Waals surface area contributed by atoms with Crippen LogP contribution < -0.4 is 0 Å². The minimum absolute atomic E-state index is 0.130. The Labute approximate surface area is 285 Å². The van der Waals surface area contributed by atoms with Crippen molar-refractivity contribution in [3.8, 4) is 61.8 Å². The predicted molar refractivity (Wildman–Crippen MR) is 197 cm³/mol. The number of rotatable bonds is 6. The molecule has 0 unspecified atom stereocenters. The number of para-hydroxylation sites is 3. The Balaban J connectivity index is 1.31. The van der Waals surface area contributed by atoms with Crippen LogP contribution in [0.5, 0.6) is 0 Å². The van der Waals surface area contributed by atoms with Crippen molar-refractivity contribution in [3.63, 3.8) is 0 Å². The molecule has 0 aliphatic rings. The summed E-state index contributed by atoms with van der Waals surface area (Å²) in [7, 11) is 0. The molecule has 4 nitrogen and oxygen atoms in total. The van der Waals surface area contributed by atoms with Gasteiger partial charge in [0.15, 0.2) is 0 Å². The molecule has 0 saturated carbocycles. The number of imidazole rings is 2. The average Bonchev–Trinajstić information content (AvgIpc) is 3.80. The van der Waals surface area contributed by atoms with Gasteiger partial charge in [0.05, 0.1) is 29.3 Å². The van der Waals surface area contributed by atoms with Gasteiger partial charge in [-0.1, -0.05) is 115 Å². The van der Waals surface area contributed by atoms with E-state index in [9.17, 15) is 0 Å². The van der Waals surface area contributed by atoms with Gasteiger partial charge in [-0.25, -0.2) is 9.97 Å². The Hall–Kier alpha value is -6.52. The van der Waals surface area contributed by atoms with Crippen molar-refractivity contribution < 1.29 is 6.85 Å². The van der Waals surface area contributed by atoms with E-state index in [1.807, 2.05) is 121 Å². The van der Waals surface area contributed by atoms with E-state index in [4.69, 9.17) is 16.8 Å². The highest BCUT2D eigenvalue weighted by Crippen LogP contribution is 2.38. The zero-order chi connectivity index (χ0) is 36.2. The normalized spacial score (nSPS) is 12.8. The summed E-state index contributed by atoms with van der Waals surface area (Å²) < 4.78 is 47.2. The third-order valence-corrected chi connectivity index (χ3v) is 8.60. The fourth-order valence-electron chi connectivity index (χ4n) is 6.44. The Bertz CT molecular complexity index is 2820. The first kappa shape index (κ1) is 22.9. The molecule has 0 aliphatic carbocycles. The van der Waals surface area contributed by atoms with E-state index < -0.39 is 6.04 Å². The lowest BCUT2D eigenvalue weighted by molar-refractivity contribution is 1.10. The number of pyridine rings is 1. The van der Waals surface area contributed by atoms with Crippen LogP contribution in [0.3, 0.4) is 0 Å². The first-order chi connectivity index (χ1) is 25.9. The maximum atomic E-state index is 8.90. The molecule has 0 saturated heterocycles. The molecule has 0 fully saturated rings. The van der Waals surface area contributed by atoms with Gasteiger partial charge < -0.3 is 0 Å². The molecule has 48 heavy (non-hydrogen) atoms. The van der Waals surface area contributed by atoms with Gasteiger partial charge in [0, 0.05) is 28.6 Å². The fourth-order valence-corrected chi connectivity index (χ4v) is 6.44. The molecule has 226 valence electrons. The minimum Gasteiger partial charge on any atom is -0.299 e. The molecular weight excluding hydrogens is 585 g/mol. The summed E-state index contributed by atoms with van der Waals surface area (Å²) in [6, 6.07) is 46.4. The number of nitrogens with zero attached hydrogens (tertiary/aromatic N) is 4. The van der Waals surface area contributed by atoms with Crippen LogP contribution in [0.25, 0.3) is 78.5 Å². The number of fused-ring (bicyclic) bond motifs is 2. The van der Waals surface area contributed by atoms with Crippen LogP contribution in [0.4, 0.5) is 0 Å². The molecule has 9 rings (SSSR count). The lowest BCUT2D eigenvalue weighted by Crippen LogP contribution is -1.98. The second-order valence-corrected chi connectivity index (χ2v) is 11.6. The molecule has 6 aromatic carbocycles. The monoisotopic (exact) mass is 619 g/mol. The molecule has 0 spiro atoms. The lowest BCUT2D eigenvalue weighted by atomic mass is 9.94. The van der Waals surface area contributed by atoms with Gasteiger partial charge >= 0.3 is 0 Å². The van der Waals surface area contributed by atoms with Crippen molar-refractivity contribution in [1.29, 1.82) is 0 Å². The molecule has 9 aromatic rings. The van der Waals surface area contributed by atoms with Crippen LogP contribution in [-0.4, -0.2) is 18.9 Å². The van der Waals surface area contributed by atoms with Crippen LogP contribution in [0.1, 0.15) is 6.85 Å². The van der Waals surface area contributed by atoms with E-state index in [1.54, 1.807) is 0 Å². The van der Waals surface area contributed by atoms with Crippen LogP contribution in [0, 0.1) is 0 Å². The van der Waals surface area contributed by atoms with Gasteiger partial charge in [-0.2, -0.15) is 0 Å². The zero-order valence-corrected chi connectivity index (χ0v) is 25.7. The number of hydrogen-bond acceptors (Lipinski definition) is 2. The van der Waals surface area contributed by atoms with E-state index >= 15 is 0 Å². The molecule has 0 radical (unpaired) electrons. The van der Waals surface area contributed by atoms with E-state index in [0.29, 0.717) is 11.4 Å². The summed E-state index contributed by atoms with van der Waals surface area (Å²) in [6.07, 6.45) is 2.02. The number of hydrogen-bond donors (Lipinski definition) is 0. The summed E-state index contributed by atoms with van der Waals surface area (Å²) in [5, 5.41) is 0. The quantitative estimate of drug-likeness (QED) is 0.186. The average molecular weight is 620 g/mol. The van der Waals surface area contributed by atoms with Gasteiger partial charge in [0.25, 0.3) is 0 Å². The number of aromatic nitrogens is 4. The van der Waals surface area contributed by atoms with E-state index in [1.165, 1.54) is 0 Å². The Morgan fingerprint density at radius 1 is 0.479 bits per heavy atom. The summed E-state index contributed by atoms with van der Waals surface area (Å²) in [6.45, 7) is 0. The SMILES string of the molecule is [2H]c1c([2H])c([2H])c(-c2cc(-c3cccc(-c4c(-c5ccccc5)nc5ccccn45)c3)cc(-c3nc4ccccc4n3-c3ccccc3)c2)c([2H])c1[2H]. The zero-order valence-electron chi connectivity index (χ0n) is 30.7. The molecule has 0 aliphatic heterocycles. The van der Waals surface area contributed by atoms with Gasteiger partial charge in [-0.3, -0.25) is 8.97 Å². The molecular formula is C44H30N4. The molecule has 3 aromatic heterocycles. The van der Waals surface area contributed by atoms with Crippen molar-refractivity contribution >= 4 is 16.7 Å². The highest BCUT2D eigenvalue weighted by atomic mass is 15.1. The summed E-state index contributed by atoms with van der Waals surface area (Å²) in [4.78, 5) is 10.1. The van der Waals surface area contributed by atoms with Gasteiger partial charge in [0.1, 0.15) is 11.5 Å².